The van der Waals surface area contributed by atoms with E-state index in [1.54, 1.807) is 12.1 Å². The maximum absolute atomic E-state index is 12.8. The molecule has 142 valence electrons. The van der Waals surface area contributed by atoms with Gasteiger partial charge in [0.25, 0.3) is 11.8 Å². The zero-order chi connectivity index (χ0) is 19.1. The number of amides is 4. The fourth-order valence-corrected chi connectivity index (χ4v) is 4.11. The number of anilines is 1. The summed E-state index contributed by atoms with van der Waals surface area (Å²) in [6.07, 6.45) is 3.95. The van der Waals surface area contributed by atoms with Gasteiger partial charge in [-0.1, -0.05) is 19.8 Å². The van der Waals surface area contributed by atoms with Crippen LogP contribution in [-0.2, 0) is 9.59 Å². The minimum Gasteiger partial charge on any atom is -0.371 e. The molecule has 4 rings (SSSR count). The van der Waals surface area contributed by atoms with Crippen molar-refractivity contribution in [2.45, 2.75) is 45.1 Å². The molecule has 4 amide bonds. The van der Waals surface area contributed by atoms with E-state index in [1.165, 1.54) is 19.3 Å². The van der Waals surface area contributed by atoms with Crippen LogP contribution in [0.25, 0.3) is 0 Å². The number of imide groups is 2. The molecule has 27 heavy (non-hydrogen) atoms. The van der Waals surface area contributed by atoms with Crippen LogP contribution in [0, 0.1) is 5.92 Å². The Hall–Kier alpha value is -2.70. The lowest BCUT2D eigenvalue weighted by Crippen LogP contribution is -2.54. The summed E-state index contributed by atoms with van der Waals surface area (Å²) in [6.45, 7) is 4.13. The van der Waals surface area contributed by atoms with Gasteiger partial charge in [-0.15, -0.1) is 0 Å². The summed E-state index contributed by atoms with van der Waals surface area (Å²) in [4.78, 5) is 52.2. The molecule has 1 aromatic rings. The topological polar surface area (TPSA) is 86.8 Å². The van der Waals surface area contributed by atoms with Crippen molar-refractivity contribution in [2.75, 3.05) is 18.0 Å². The molecule has 1 N–H and O–H groups in total. The van der Waals surface area contributed by atoms with Gasteiger partial charge in [0.15, 0.2) is 0 Å². The number of nitrogens with one attached hydrogen (secondary N) is 1. The predicted octanol–water partition coefficient (Wildman–Crippen LogP) is 1.71. The number of piperidine rings is 1. The molecule has 0 aromatic heterocycles. The van der Waals surface area contributed by atoms with Gasteiger partial charge in [-0.2, -0.15) is 0 Å². The van der Waals surface area contributed by atoms with Gasteiger partial charge < -0.3 is 4.90 Å². The molecular formula is C20H23N3O4. The fourth-order valence-electron chi connectivity index (χ4n) is 4.11. The highest BCUT2D eigenvalue weighted by atomic mass is 16.2. The first kappa shape index (κ1) is 17.7. The SMILES string of the molecule is CCCCC1CN(c2ccc3c(c2)C(=O)N(C2CCC(=O)NC2=O)C3=O)C1. The molecule has 7 nitrogen and oxygen atoms in total. The van der Waals surface area contributed by atoms with Crippen molar-refractivity contribution in [3.63, 3.8) is 0 Å². The van der Waals surface area contributed by atoms with Gasteiger partial charge in [0, 0.05) is 25.2 Å². The van der Waals surface area contributed by atoms with E-state index in [2.05, 4.69) is 17.1 Å². The Balaban J connectivity index is 1.51. The number of nitrogens with zero attached hydrogens (tertiary/aromatic N) is 2. The van der Waals surface area contributed by atoms with Crippen molar-refractivity contribution < 1.29 is 19.2 Å². The third-order valence-electron chi connectivity index (χ3n) is 5.71. The van der Waals surface area contributed by atoms with Crippen LogP contribution in [0.1, 0.15) is 59.7 Å². The lowest BCUT2D eigenvalue weighted by atomic mass is 9.93. The largest absolute Gasteiger partial charge is 0.371 e. The minimum atomic E-state index is -0.916. The summed E-state index contributed by atoms with van der Waals surface area (Å²) in [5, 5.41) is 2.21. The maximum atomic E-state index is 12.8. The lowest BCUT2D eigenvalue weighted by Gasteiger charge is -2.41. The summed E-state index contributed by atoms with van der Waals surface area (Å²) in [5.41, 5.74) is 1.61. The molecule has 3 aliphatic rings. The summed E-state index contributed by atoms with van der Waals surface area (Å²) >= 11 is 0. The van der Waals surface area contributed by atoms with Crippen molar-refractivity contribution in [3.8, 4) is 0 Å². The first-order valence-electron chi connectivity index (χ1n) is 9.60. The van der Waals surface area contributed by atoms with Crippen molar-refractivity contribution >= 4 is 29.3 Å². The first-order valence-corrected chi connectivity index (χ1v) is 9.60. The third-order valence-corrected chi connectivity index (χ3v) is 5.71. The van der Waals surface area contributed by atoms with Gasteiger partial charge in [-0.25, -0.2) is 0 Å². The summed E-state index contributed by atoms with van der Waals surface area (Å²) in [5.74, 6) is -1.17. The highest BCUT2D eigenvalue weighted by Crippen LogP contribution is 2.33. The van der Waals surface area contributed by atoms with Crippen LogP contribution in [0.2, 0.25) is 0 Å². The summed E-state index contributed by atoms with van der Waals surface area (Å²) < 4.78 is 0. The van der Waals surface area contributed by atoms with Crippen LogP contribution in [0.3, 0.4) is 0 Å². The summed E-state index contributed by atoms with van der Waals surface area (Å²) in [7, 11) is 0. The highest BCUT2D eigenvalue weighted by Gasteiger charge is 2.44. The third kappa shape index (κ3) is 3.01. The molecule has 0 bridgehead atoms. The number of unbranched alkanes of at least 4 members (excludes halogenated alkanes) is 1. The smallest absolute Gasteiger partial charge is 0.262 e. The molecule has 3 heterocycles. The second kappa shape index (κ2) is 6.79. The normalized spacial score (nSPS) is 22.8. The Bertz CT molecular complexity index is 829. The zero-order valence-corrected chi connectivity index (χ0v) is 15.4. The van der Waals surface area contributed by atoms with Crippen molar-refractivity contribution in [2.24, 2.45) is 5.92 Å². The van der Waals surface area contributed by atoms with Crippen LogP contribution < -0.4 is 10.2 Å². The zero-order valence-electron chi connectivity index (χ0n) is 15.4. The first-order chi connectivity index (χ1) is 13.0. The van der Waals surface area contributed by atoms with E-state index in [-0.39, 0.29) is 18.7 Å². The minimum absolute atomic E-state index is 0.127. The Morgan fingerprint density at radius 2 is 1.81 bits per heavy atom. The number of hydrogen-bond donors (Lipinski definition) is 1. The molecular weight excluding hydrogens is 346 g/mol. The van der Waals surface area contributed by atoms with Gasteiger partial charge in [-0.05, 0) is 37.0 Å². The summed E-state index contributed by atoms with van der Waals surface area (Å²) in [6, 6.07) is 4.39. The molecule has 0 radical (unpaired) electrons. The number of rotatable bonds is 5. The molecule has 7 heteroatoms. The van der Waals surface area contributed by atoms with E-state index in [0.717, 1.165) is 23.7 Å². The quantitative estimate of drug-likeness (QED) is 0.799. The maximum Gasteiger partial charge on any atom is 0.262 e. The van der Waals surface area contributed by atoms with E-state index in [1.807, 2.05) is 6.07 Å². The Morgan fingerprint density at radius 1 is 1.07 bits per heavy atom. The van der Waals surface area contributed by atoms with Gasteiger partial charge in [-0.3, -0.25) is 29.4 Å². The van der Waals surface area contributed by atoms with E-state index in [9.17, 15) is 19.2 Å². The highest BCUT2D eigenvalue weighted by molar-refractivity contribution is 6.23. The van der Waals surface area contributed by atoms with Crippen molar-refractivity contribution in [1.29, 1.82) is 0 Å². The van der Waals surface area contributed by atoms with Crippen LogP contribution >= 0.6 is 0 Å². The second-order valence-electron chi connectivity index (χ2n) is 7.59. The van der Waals surface area contributed by atoms with Gasteiger partial charge in [0.2, 0.25) is 11.8 Å². The van der Waals surface area contributed by atoms with Gasteiger partial charge in [0.05, 0.1) is 11.1 Å². The van der Waals surface area contributed by atoms with Crippen LogP contribution in [0.15, 0.2) is 18.2 Å². The van der Waals surface area contributed by atoms with Crippen molar-refractivity contribution in [3.05, 3.63) is 29.3 Å². The van der Waals surface area contributed by atoms with Crippen LogP contribution in [0.4, 0.5) is 5.69 Å². The van der Waals surface area contributed by atoms with E-state index in [4.69, 9.17) is 0 Å². The van der Waals surface area contributed by atoms with Gasteiger partial charge in [0.1, 0.15) is 6.04 Å². The molecule has 1 unspecified atom stereocenters. The Kier molecular flexibility index (Phi) is 4.45. The number of carbonyl (C=O) groups is 4. The Morgan fingerprint density at radius 3 is 2.52 bits per heavy atom. The lowest BCUT2D eigenvalue weighted by molar-refractivity contribution is -0.136. The van der Waals surface area contributed by atoms with E-state index in [0.29, 0.717) is 17.0 Å². The molecule has 0 spiro atoms. The number of carbonyl (C=O) groups excluding carboxylic acids is 4. The molecule has 3 aliphatic heterocycles. The molecule has 1 aromatic carbocycles. The Labute approximate surface area is 157 Å². The molecule has 0 saturated carbocycles. The van der Waals surface area contributed by atoms with Crippen molar-refractivity contribution in [1.82, 2.24) is 10.2 Å². The van der Waals surface area contributed by atoms with E-state index < -0.39 is 23.8 Å². The number of fused-ring (bicyclic) bond motifs is 1. The second-order valence-corrected chi connectivity index (χ2v) is 7.59. The van der Waals surface area contributed by atoms with Crippen LogP contribution in [0.5, 0.6) is 0 Å². The standard InChI is InChI=1S/C20H23N3O4/c1-2-3-4-12-10-22(11-12)13-5-6-14-15(9-13)20(27)23(19(14)26)16-7-8-17(24)21-18(16)25/h5-6,9,12,16H,2-4,7-8,10-11H2,1H3,(H,21,24,25). The molecule has 1 atom stereocenters. The number of hydrogen-bond acceptors (Lipinski definition) is 5. The predicted molar refractivity (Wildman–Crippen MR) is 98.3 cm³/mol. The van der Waals surface area contributed by atoms with Crippen LogP contribution in [-0.4, -0.2) is 47.7 Å². The van der Waals surface area contributed by atoms with E-state index >= 15 is 0 Å². The fraction of sp³-hybridized carbons (Fsp3) is 0.500. The number of benzene rings is 1. The molecule has 0 aliphatic carbocycles. The average Bonchev–Trinajstić information content (AvgIpc) is 2.85. The molecule has 2 fully saturated rings. The molecule has 2 saturated heterocycles. The monoisotopic (exact) mass is 369 g/mol. The average molecular weight is 369 g/mol. The van der Waals surface area contributed by atoms with Gasteiger partial charge >= 0.3 is 0 Å².